The Morgan fingerprint density at radius 1 is 0.658 bits per heavy atom. The minimum Gasteiger partial charge on any atom is -0.873 e. The van der Waals surface area contributed by atoms with Crippen LogP contribution in [0.25, 0.3) is 0 Å². The molecular formula is C33H42N2NiO2. The fourth-order valence-corrected chi connectivity index (χ4v) is 3.85. The molecule has 0 saturated carbocycles. The number of hydrogen-bond donors (Lipinski definition) is 0. The van der Waals surface area contributed by atoms with Gasteiger partial charge in [0.15, 0.2) is 0 Å². The normalized spacial score (nSPS) is 11.1. The SMILES string of the molecule is CCCCCCCCC(C=Nc1ccccc1)=Nc1ccccc1.CCCCCc1ccc([O-])c([O-])c1.[Ni+2]. The third-order valence-corrected chi connectivity index (χ3v) is 6.01. The van der Waals surface area contributed by atoms with E-state index >= 15 is 0 Å². The third kappa shape index (κ3) is 14.7. The first kappa shape index (κ1) is 33.1. The predicted molar refractivity (Wildman–Crippen MR) is 155 cm³/mol. The summed E-state index contributed by atoms with van der Waals surface area (Å²) in [5.74, 6) is -0.784. The van der Waals surface area contributed by atoms with Crippen LogP contribution in [0, 0.1) is 0 Å². The Balaban J connectivity index is 0.000000438. The van der Waals surface area contributed by atoms with Gasteiger partial charge in [-0.25, -0.2) is 0 Å². The molecule has 0 unspecified atom stereocenters. The second-order valence-corrected chi connectivity index (χ2v) is 9.29. The zero-order chi connectivity index (χ0) is 26.6. The summed E-state index contributed by atoms with van der Waals surface area (Å²) in [6.45, 7) is 4.39. The number of hydrogen-bond acceptors (Lipinski definition) is 4. The Bertz CT molecular complexity index is 1050. The fraction of sp³-hybridized carbons (Fsp3) is 0.394. The maximum absolute atomic E-state index is 11.0. The molecule has 3 aromatic carbocycles. The van der Waals surface area contributed by atoms with Gasteiger partial charge >= 0.3 is 16.5 Å². The summed E-state index contributed by atoms with van der Waals surface area (Å²) in [5, 5.41) is 21.7. The van der Waals surface area contributed by atoms with Crippen molar-refractivity contribution in [2.45, 2.75) is 84.5 Å². The maximum Gasteiger partial charge on any atom is 2.00 e. The van der Waals surface area contributed by atoms with Crippen molar-refractivity contribution in [2.75, 3.05) is 0 Å². The van der Waals surface area contributed by atoms with Crippen molar-refractivity contribution in [3.05, 3.63) is 84.4 Å². The molecule has 0 N–H and O–H groups in total. The van der Waals surface area contributed by atoms with E-state index in [0.29, 0.717) is 0 Å². The molecule has 0 aliphatic heterocycles. The molecule has 3 rings (SSSR count). The van der Waals surface area contributed by atoms with E-state index in [1.165, 1.54) is 63.5 Å². The minimum atomic E-state index is -0.403. The van der Waals surface area contributed by atoms with Crippen LogP contribution in [0.5, 0.6) is 11.5 Å². The van der Waals surface area contributed by atoms with Gasteiger partial charge in [0.05, 0.1) is 17.1 Å². The van der Waals surface area contributed by atoms with Crippen molar-refractivity contribution in [3.8, 4) is 11.5 Å². The molecule has 0 fully saturated rings. The number of aryl methyl sites for hydroxylation is 1. The smallest absolute Gasteiger partial charge is 0.873 e. The van der Waals surface area contributed by atoms with Crippen LogP contribution in [-0.2, 0) is 22.9 Å². The van der Waals surface area contributed by atoms with Crippen LogP contribution in [0.15, 0.2) is 88.8 Å². The summed E-state index contributed by atoms with van der Waals surface area (Å²) < 4.78 is 0. The van der Waals surface area contributed by atoms with E-state index in [1.807, 2.05) is 66.9 Å². The van der Waals surface area contributed by atoms with E-state index in [-0.39, 0.29) is 22.2 Å². The van der Waals surface area contributed by atoms with E-state index in [0.717, 1.165) is 41.9 Å². The van der Waals surface area contributed by atoms with E-state index in [4.69, 9.17) is 4.99 Å². The molecule has 3 aromatic rings. The summed E-state index contributed by atoms with van der Waals surface area (Å²) in [4.78, 5) is 9.35. The van der Waals surface area contributed by atoms with Gasteiger partial charge in [-0.15, -0.1) is 11.5 Å². The van der Waals surface area contributed by atoms with E-state index in [9.17, 15) is 10.2 Å². The number of unbranched alkanes of at least 4 members (excludes halogenated alkanes) is 7. The van der Waals surface area contributed by atoms with Gasteiger partial charge in [-0.2, -0.15) is 0 Å². The molecule has 0 aliphatic rings. The van der Waals surface area contributed by atoms with Crippen LogP contribution in [0.3, 0.4) is 0 Å². The van der Waals surface area contributed by atoms with Crippen molar-refractivity contribution < 1.29 is 26.7 Å². The Hall–Kier alpha value is -2.91. The monoisotopic (exact) mass is 556 g/mol. The fourth-order valence-electron chi connectivity index (χ4n) is 3.85. The largest absolute Gasteiger partial charge is 2.00 e. The molecular weight excluding hydrogens is 515 g/mol. The van der Waals surface area contributed by atoms with Gasteiger partial charge < -0.3 is 10.2 Å². The average molecular weight is 557 g/mol. The summed E-state index contributed by atoms with van der Waals surface area (Å²) >= 11 is 0. The van der Waals surface area contributed by atoms with Gasteiger partial charge in [0.2, 0.25) is 0 Å². The Labute approximate surface area is 239 Å². The second kappa shape index (κ2) is 21.1. The van der Waals surface area contributed by atoms with Crippen molar-refractivity contribution in [1.29, 1.82) is 0 Å². The number of para-hydroxylation sites is 2. The zero-order valence-corrected chi connectivity index (χ0v) is 23.9. The first-order valence-electron chi connectivity index (χ1n) is 13.8. The Kier molecular flexibility index (Phi) is 18.4. The van der Waals surface area contributed by atoms with Crippen LogP contribution in [0.2, 0.25) is 0 Å². The van der Waals surface area contributed by atoms with Crippen LogP contribution in [0.4, 0.5) is 11.4 Å². The number of rotatable bonds is 14. The van der Waals surface area contributed by atoms with Crippen molar-refractivity contribution in [1.82, 2.24) is 0 Å². The summed E-state index contributed by atoms with van der Waals surface area (Å²) in [5.41, 5.74) is 4.01. The average Bonchev–Trinajstić information content (AvgIpc) is 2.93. The number of nitrogens with zero attached hydrogens (tertiary/aromatic N) is 2. The molecule has 0 heterocycles. The predicted octanol–water partition coefficient (Wildman–Crippen LogP) is 8.48. The molecule has 0 atom stereocenters. The van der Waals surface area contributed by atoms with Gasteiger partial charge in [0.1, 0.15) is 0 Å². The molecule has 206 valence electrons. The quantitative estimate of drug-likeness (QED) is 0.113. The second-order valence-electron chi connectivity index (χ2n) is 9.29. The molecule has 4 nitrogen and oxygen atoms in total. The van der Waals surface area contributed by atoms with Crippen LogP contribution in [-0.4, -0.2) is 11.9 Å². The Morgan fingerprint density at radius 3 is 1.87 bits per heavy atom. The van der Waals surface area contributed by atoms with Gasteiger partial charge in [-0.3, -0.25) is 9.98 Å². The van der Waals surface area contributed by atoms with Crippen LogP contribution >= 0.6 is 0 Å². The topological polar surface area (TPSA) is 70.8 Å². The molecule has 0 radical (unpaired) electrons. The van der Waals surface area contributed by atoms with Crippen LogP contribution < -0.4 is 10.2 Å². The Morgan fingerprint density at radius 2 is 1.24 bits per heavy atom. The van der Waals surface area contributed by atoms with E-state index < -0.39 is 5.75 Å². The first-order chi connectivity index (χ1) is 18.1. The molecule has 0 spiro atoms. The molecule has 38 heavy (non-hydrogen) atoms. The number of benzene rings is 3. The van der Waals surface area contributed by atoms with Crippen LogP contribution in [0.1, 0.15) is 83.6 Å². The molecule has 0 aliphatic carbocycles. The van der Waals surface area contributed by atoms with Crippen molar-refractivity contribution in [3.63, 3.8) is 0 Å². The van der Waals surface area contributed by atoms with E-state index in [1.54, 1.807) is 6.07 Å². The van der Waals surface area contributed by atoms with Gasteiger partial charge in [0.25, 0.3) is 0 Å². The van der Waals surface area contributed by atoms with E-state index in [2.05, 4.69) is 18.8 Å². The first-order valence-corrected chi connectivity index (χ1v) is 13.8. The van der Waals surface area contributed by atoms with Gasteiger partial charge in [0, 0.05) is 6.21 Å². The van der Waals surface area contributed by atoms with Crippen molar-refractivity contribution >= 4 is 23.3 Å². The molecule has 0 amide bonds. The van der Waals surface area contributed by atoms with Gasteiger partial charge in [-0.1, -0.05) is 113 Å². The standard InChI is InChI=1S/C22H28N2.C11H16O2.Ni/c1-2-3-4-5-6-9-18-22(24-21-16-12-8-13-17-21)19-23-20-14-10-7-11-15-20;1-2-3-4-5-9-6-7-10(12)11(13)8-9;/h7-8,10-17,19H,2-6,9,18H2,1H3;6-8,12-13H,2-5H2,1H3;/q;;+2/p-2. The van der Waals surface area contributed by atoms with Crippen molar-refractivity contribution in [2.24, 2.45) is 9.98 Å². The molecule has 0 saturated heterocycles. The summed E-state index contributed by atoms with van der Waals surface area (Å²) in [6, 6.07) is 24.8. The summed E-state index contributed by atoms with van der Waals surface area (Å²) in [7, 11) is 0. The zero-order valence-electron chi connectivity index (χ0n) is 22.9. The minimum absolute atomic E-state index is 0. The number of aliphatic imine (C=N–C) groups is 2. The molecule has 0 bridgehead atoms. The maximum atomic E-state index is 11.0. The van der Waals surface area contributed by atoms with Gasteiger partial charge in [-0.05, 0) is 55.5 Å². The molecule has 5 heteroatoms. The third-order valence-electron chi connectivity index (χ3n) is 6.01. The molecule has 0 aromatic heterocycles. The summed E-state index contributed by atoms with van der Waals surface area (Å²) in [6.07, 6.45) is 15.0.